The molecule has 106 valence electrons. The first-order valence-electron chi connectivity index (χ1n) is 5.33. The summed E-state index contributed by atoms with van der Waals surface area (Å²) in [7, 11) is 0. The number of nitrogens with one attached hydrogen (secondary N) is 1. The van der Waals surface area contributed by atoms with Crippen molar-refractivity contribution in [3.05, 3.63) is 10.1 Å². The number of nitrogens with zero attached hydrogens (tertiary/aromatic N) is 1. The van der Waals surface area contributed by atoms with Gasteiger partial charge in [-0.2, -0.15) is 0 Å². The summed E-state index contributed by atoms with van der Waals surface area (Å²) in [4.78, 5) is 20.5. The quantitative estimate of drug-likeness (QED) is 0.235. The minimum atomic E-state index is -1.71. The van der Waals surface area contributed by atoms with E-state index >= 15 is 0 Å². The molecule has 4 atom stereocenters. The van der Waals surface area contributed by atoms with Crippen molar-refractivity contribution in [1.29, 1.82) is 0 Å². The molecule has 0 radical (unpaired) electrons. The molecule has 0 aliphatic carbocycles. The maximum absolute atomic E-state index is 10.9. The van der Waals surface area contributed by atoms with Gasteiger partial charge in [-0.05, 0) is 0 Å². The van der Waals surface area contributed by atoms with Gasteiger partial charge in [0.05, 0.1) is 12.6 Å². The maximum atomic E-state index is 10.9. The van der Waals surface area contributed by atoms with Gasteiger partial charge in [0.15, 0.2) is 0 Å². The van der Waals surface area contributed by atoms with Crippen LogP contribution in [-0.2, 0) is 4.79 Å². The van der Waals surface area contributed by atoms with Crippen molar-refractivity contribution in [3.8, 4) is 0 Å². The Morgan fingerprint density at radius 2 is 1.89 bits per heavy atom. The predicted molar refractivity (Wildman–Crippen MR) is 59.2 cm³/mol. The molecule has 9 heteroatoms. The van der Waals surface area contributed by atoms with Gasteiger partial charge in [-0.15, -0.1) is 0 Å². The normalized spacial score (nSPS) is 17.6. The third-order valence-electron chi connectivity index (χ3n) is 2.35. The van der Waals surface area contributed by atoms with Gasteiger partial charge in [0.25, 0.3) is 0 Å². The highest BCUT2D eigenvalue weighted by Crippen LogP contribution is 2.08. The van der Waals surface area contributed by atoms with Crippen molar-refractivity contribution < 1.29 is 30.1 Å². The van der Waals surface area contributed by atoms with E-state index in [1.165, 1.54) is 0 Å². The lowest BCUT2D eigenvalue weighted by molar-refractivity contribution is -0.481. The Hall–Kier alpha value is -1.29. The van der Waals surface area contributed by atoms with Crippen LogP contribution in [0.5, 0.6) is 0 Å². The molecule has 0 aliphatic rings. The molecular weight excluding hydrogens is 248 g/mol. The zero-order valence-corrected chi connectivity index (χ0v) is 9.89. The summed E-state index contributed by atoms with van der Waals surface area (Å²) in [6.07, 6.45) is -5.12. The second kappa shape index (κ2) is 7.93. The minimum Gasteiger partial charge on any atom is -0.394 e. The first kappa shape index (κ1) is 16.7. The van der Waals surface area contributed by atoms with Gasteiger partial charge in [-0.1, -0.05) is 0 Å². The Labute approximate surface area is 103 Å². The highest BCUT2D eigenvalue weighted by atomic mass is 16.6. The zero-order chi connectivity index (χ0) is 14.3. The van der Waals surface area contributed by atoms with E-state index in [0.29, 0.717) is 0 Å². The van der Waals surface area contributed by atoms with Crippen LogP contribution in [0.3, 0.4) is 0 Å². The van der Waals surface area contributed by atoms with Gasteiger partial charge in [0.1, 0.15) is 18.3 Å². The lowest BCUT2D eigenvalue weighted by atomic mass is 9.98. The number of rotatable bonds is 8. The van der Waals surface area contributed by atoms with Gasteiger partial charge >= 0.3 is 0 Å². The molecule has 0 bridgehead atoms. The van der Waals surface area contributed by atoms with E-state index in [1.807, 2.05) is 0 Å². The van der Waals surface area contributed by atoms with E-state index < -0.39 is 48.3 Å². The fourth-order valence-electron chi connectivity index (χ4n) is 1.41. The molecule has 9 nitrogen and oxygen atoms in total. The summed E-state index contributed by atoms with van der Waals surface area (Å²) in [5, 5.41) is 49.4. The topological polar surface area (TPSA) is 153 Å². The number of hydrogen-bond acceptors (Lipinski definition) is 7. The van der Waals surface area contributed by atoms with E-state index in [2.05, 4.69) is 5.32 Å². The molecule has 1 amide bonds. The SMILES string of the molecule is CC(=O)N[C@H](CC[N+](=O)[O-])[C@@H](O)[C@H](O)[C@H](O)CO. The molecule has 5 N–H and O–H groups in total. The number of aliphatic hydroxyl groups is 4. The molecule has 0 unspecified atom stereocenters. The van der Waals surface area contributed by atoms with Gasteiger partial charge in [-0.3, -0.25) is 14.9 Å². The maximum Gasteiger partial charge on any atom is 0.217 e. The molecule has 18 heavy (non-hydrogen) atoms. The van der Waals surface area contributed by atoms with E-state index in [-0.39, 0.29) is 6.42 Å². The van der Waals surface area contributed by atoms with Crippen molar-refractivity contribution in [3.63, 3.8) is 0 Å². The van der Waals surface area contributed by atoms with Gasteiger partial charge in [-0.25, -0.2) is 0 Å². The highest BCUT2D eigenvalue weighted by molar-refractivity contribution is 5.73. The molecule has 0 aromatic rings. The Bertz CT molecular complexity index is 286. The van der Waals surface area contributed by atoms with Gasteiger partial charge < -0.3 is 25.7 Å². The van der Waals surface area contributed by atoms with Crippen LogP contribution < -0.4 is 5.32 Å². The largest absolute Gasteiger partial charge is 0.394 e. The molecule has 0 saturated carbocycles. The second-order valence-corrected chi connectivity index (χ2v) is 3.88. The average Bonchev–Trinajstić information content (AvgIpc) is 2.30. The van der Waals surface area contributed by atoms with Crippen LogP contribution in [0, 0.1) is 10.1 Å². The van der Waals surface area contributed by atoms with E-state index in [9.17, 15) is 25.1 Å². The summed E-state index contributed by atoms with van der Waals surface area (Å²) in [5.41, 5.74) is 0. The Morgan fingerprint density at radius 3 is 2.28 bits per heavy atom. The molecule has 0 fully saturated rings. The summed E-state index contributed by atoms with van der Waals surface area (Å²) in [6, 6.07) is -1.08. The highest BCUT2D eigenvalue weighted by Gasteiger charge is 2.32. The Balaban J connectivity index is 4.61. The molecule has 0 aliphatic heterocycles. The number of aliphatic hydroxyl groups excluding tert-OH is 4. The third kappa shape index (κ3) is 5.87. The van der Waals surface area contributed by atoms with Gasteiger partial charge in [0.2, 0.25) is 12.5 Å². The number of nitro groups is 1. The van der Waals surface area contributed by atoms with Gasteiger partial charge in [0, 0.05) is 18.3 Å². The average molecular weight is 266 g/mol. The summed E-state index contributed by atoms with van der Waals surface area (Å²) in [6.45, 7) is -0.134. The Morgan fingerprint density at radius 1 is 1.33 bits per heavy atom. The van der Waals surface area contributed by atoms with Crippen molar-refractivity contribution in [2.24, 2.45) is 0 Å². The molecule has 0 spiro atoms. The van der Waals surface area contributed by atoms with Crippen LogP contribution in [-0.4, -0.2) is 68.8 Å². The van der Waals surface area contributed by atoms with Crippen LogP contribution in [0.25, 0.3) is 0 Å². The fourth-order valence-corrected chi connectivity index (χ4v) is 1.41. The molecule has 0 saturated heterocycles. The van der Waals surface area contributed by atoms with Crippen LogP contribution in [0.1, 0.15) is 13.3 Å². The second-order valence-electron chi connectivity index (χ2n) is 3.88. The van der Waals surface area contributed by atoms with E-state index in [4.69, 9.17) is 10.2 Å². The Kier molecular flexibility index (Phi) is 7.36. The van der Waals surface area contributed by atoms with Crippen molar-refractivity contribution in [2.45, 2.75) is 37.7 Å². The van der Waals surface area contributed by atoms with E-state index in [1.54, 1.807) is 0 Å². The summed E-state index contributed by atoms with van der Waals surface area (Å²) in [5.74, 6) is -0.534. The predicted octanol–water partition coefficient (Wildman–Crippen LogP) is -2.77. The van der Waals surface area contributed by atoms with Crippen LogP contribution in [0.2, 0.25) is 0 Å². The molecule has 0 rings (SSSR count). The molecule has 0 heterocycles. The molecule has 0 aromatic heterocycles. The van der Waals surface area contributed by atoms with Crippen LogP contribution in [0.4, 0.5) is 0 Å². The summed E-state index contributed by atoms with van der Waals surface area (Å²) >= 11 is 0. The smallest absolute Gasteiger partial charge is 0.217 e. The number of carbonyl (C=O) groups is 1. The molecule has 0 aromatic carbocycles. The zero-order valence-electron chi connectivity index (χ0n) is 9.89. The number of carbonyl (C=O) groups excluding carboxylic acids is 1. The lowest BCUT2D eigenvalue weighted by Crippen LogP contribution is -2.52. The first-order chi connectivity index (χ1) is 8.29. The monoisotopic (exact) mass is 266 g/mol. The van der Waals surface area contributed by atoms with Crippen molar-refractivity contribution in [2.75, 3.05) is 13.2 Å². The van der Waals surface area contributed by atoms with Crippen molar-refractivity contribution >= 4 is 5.91 Å². The summed E-state index contributed by atoms with van der Waals surface area (Å²) < 4.78 is 0. The van der Waals surface area contributed by atoms with Crippen LogP contribution >= 0.6 is 0 Å². The minimum absolute atomic E-state index is 0.205. The third-order valence-corrected chi connectivity index (χ3v) is 2.35. The fraction of sp³-hybridized carbons (Fsp3) is 0.889. The first-order valence-corrected chi connectivity index (χ1v) is 5.33. The number of hydrogen-bond donors (Lipinski definition) is 5. The number of amides is 1. The molecular formula is C9H18N2O7. The lowest BCUT2D eigenvalue weighted by Gasteiger charge is -2.28. The van der Waals surface area contributed by atoms with Crippen LogP contribution in [0.15, 0.2) is 0 Å². The standard InChI is InChI=1S/C9H18N2O7/c1-5(13)10-6(2-3-11(17)18)8(15)9(16)7(14)4-12/h6-9,12,14-16H,2-4H2,1H3,(H,10,13)/t6-,7-,8-,9-/m1/s1. The van der Waals surface area contributed by atoms with E-state index in [0.717, 1.165) is 6.92 Å². The van der Waals surface area contributed by atoms with Crippen molar-refractivity contribution in [1.82, 2.24) is 5.32 Å².